The largest absolute Gasteiger partial charge is 0.493 e. The van der Waals surface area contributed by atoms with E-state index in [9.17, 15) is 0 Å². The molecule has 0 aliphatic rings. The Labute approximate surface area is 192 Å². The van der Waals surface area contributed by atoms with Crippen molar-refractivity contribution in [1.82, 2.24) is 9.97 Å². The molecule has 166 valence electrons. The Morgan fingerprint density at radius 3 is 2.47 bits per heavy atom. The molecule has 0 bridgehead atoms. The van der Waals surface area contributed by atoms with Gasteiger partial charge in [0.05, 0.1) is 32.4 Å². The molecule has 0 unspecified atom stereocenters. The van der Waals surface area contributed by atoms with Crippen molar-refractivity contribution in [3.8, 4) is 21.9 Å². The van der Waals surface area contributed by atoms with Crippen LogP contribution < -0.4 is 14.8 Å². The zero-order valence-electron chi connectivity index (χ0n) is 18.9. The topological polar surface area (TPSA) is 65.5 Å². The monoisotopic (exact) mass is 449 g/mol. The number of hydrogen-bond acceptors (Lipinski definition) is 7. The van der Waals surface area contributed by atoms with Crippen molar-refractivity contribution in [3.63, 3.8) is 0 Å². The van der Waals surface area contributed by atoms with Gasteiger partial charge in [0.2, 0.25) is 0 Å². The summed E-state index contributed by atoms with van der Waals surface area (Å²) in [6.45, 7) is 4.62. The summed E-state index contributed by atoms with van der Waals surface area (Å²) in [5, 5.41) is 4.46. The number of rotatable bonds is 8. The second kappa shape index (κ2) is 9.54. The Hall–Kier alpha value is -3.16. The first-order valence-corrected chi connectivity index (χ1v) is 11.2. The quantitative estimate of drug-likeness (QED) is 0.356. The highest BCUT2D eigenvalue weighted by Gasteiger charge is 2.16. The van der Waals surface area contributed by atoms with Gasteiger partial charge in [0.25, 0.3) is 0 Å². The molecular weight excluding hydrogens is 422 g/mol. The summed E-state index contributed by atoms with van der Waals surface area (Å²) in [6.07, 6.45) is 0. The summed E-state index contributed by atoms with van der Waals surface area (Å²) in [7, 11) is 4.97. The maximum Gasteiger partial charge on any atom is 0.162 e. The molecule has 0 amide bonds. The normalized spacial score (nSPS) is 12.0. The van der Waals surface area contributed by atoms with Crippen molar-refractivity contribution >= 4 is 28.1 Å². The fourth-order valence-corrected chi connectivity index (χ4v) is 4.80. The summed E-state index contributed by atoms with van der Waals surface area (Å²) in [5.74, 6) is 2.77. The number of benzene rings is 2. The lowest BCUT2D eigenvalue weighted by molar-refractivity contribution is 0.185. The van der Waals surface area contributed by atoms with E-state index in [1.54, 1.807) is 32.7 Å². The van der Waals surface area contributed by atoms with Crippen molar-refractivity contribution in [2.24, 2.45) is 0 Å². The molecule has 0 spiro atoms. The molecule has 4 rings (SSSR count). The van der Waals surface area contributed by atoms with Crippen molar-refractivity contribution in [1.29, 1.82) is 0 Å². The molecule has 0 saturated carbocycles. The van der Waals surface area contributed by atoms with E-state index in [0.717, 1.165) is 16.7 Å². The Morgan fingerprint density at radius 1 is 0.969 bits per heavy atom. The van der Waals surface area contributed by atoms with E-state index in [2.05, 4.69) is 52.5 Å². The van der Waals surface area contributed by atoms with Gasteiger partial charge in [0.15, 0.2) is 11.5 Å². The molecule has 1 atom stereocenters. The van der Waals surface area contributed by atoms with Crippen molar-refractivity contribution in [2.45, 2.75) is 26.5 Å². The van der Waals surface area contributed by atoms with Crippen LogP contribution in [0.5, 0.6) is 11.5 Å². The van der Waals surface area contributed by atoms with Crippen LogP contribution in [0.15, 0.2) is 48.5 Å². The Balaban J connectivity index is 1.66. The molecule has 6 nitrogen and oxygen atoms in total. The van der Waals surface area contributed by atoms with Gasteiger partial charge in [-0.05, 0) is 43.2 Å². The van der Waals surface area contributed by atoms with E-state index in [0.29, 0.717) is 23.9 Å². The van der Waals surface area contributed by atoms with Gasteiger partial charge in [0, 0.05) is 28.3 Å². The summed E-state index contributed by atoms with van der Waals surface area (Å²) >= 11 is 1.77. The van der Waals surface area contributed by atoms with Gasteiger partial charge in [-0.15, -0.1) is 11.3 Å². The van der Waals surface area contributed by atoms with Crippen LogP contribution in [0.4, 0.5) is 5.82 Å². The lowest BCUT2D eigenvalue weighted by Gasteiger charge is -2.16. The molecule has 2 aromatic carbocycles. The van der Waals surface area contributed by atoms with Gasteiger partial charge in [0.1, 0.15) is 11.6 Å². The molecular formula is C25H27N3O3S. The molecule has 1 N–H and O–H groups in total. The maximum atomic E-state index is 5.49. The average molecular weight is 450 g/mol. The number of thiophene rings is 1. The van der Waals surface area contributed by atoms with Crippen LogP contribution in [0.1, 0.15) is 29.2 Å². The van der Waals surface area contributed by atoms with E-state index in [-0.39, 0.29) is 6.04 Å². The smallest absolute Gasteiger partial charge is 0.162 e. The van der Waals surface area contributed by atoms with Crippen LogP contribution >= 0.6 is 11.3 Å². The summed E-state index contributed by atoms with van der Waals surface area (Å²) in [5.41, 5.74) is 3.20. The highest BCUT2D eigenvalue weighted by molar-refractivity contribution is 7.15. The minimum atomic E-state index is 0.0638. The van der Waals surface area contributed by atoms with Gasteiger partial charge >= 0.3 is 0 Å². The maximum absolute atomic E-state index is 5.49. The number of anilines is 1. The minimum Gasteiger partial charge on any atom is -0.493 e. The average Bonchev–Trinajstić information content (AvgIpc) is 3.29. The second-order valence-corrected chi connectivity index (χ2v) is 8.62. The number of nitrogens with one attached hydrogen (secondary N) is 1. The summed E-state index contributed by atoms with van der Waals surface area (Å²) < 4.78 is 16.3. The first-order valence-electron chi connectivity index (χ1n) is 10.4. The Morgan fingerprint density at radius 2 is 1.72 bits per heavy atom. The van der Waals surface area contributed by atoms with Gasteiger partial charge < -0.3 is 19.5 Å². The fourth-order valence-electron chi connectivity index (χ4n) is 3.73. The molecule has 7 heteroatoms. The third-order valence-electron chi connectivity index (χ3n) is 5.30. The number of hydrogen-bond donors (Lipinski definition) is 1. The van der Waals surface area contributed by atoms with Crippen LogP contribution in [0.3, 0.4) is 0 Å². The van der Waals surface area contributed by atoms with Gasteiger partial charge in [-0.3, -0.25) is 0 Å². The van der Waals surface area contributed by atoms with Crippen LogP contribution in [0.25, 0.3) is 21.3 Å². The molecule has 0 aliphatic carbocycles. The second-order valence-electron chi connectivity index (χ2n) is 7.50. The summed E-state index contributed by atoms with van der Waals surface area (Å²) in [6, 6.07) is 16.6. The molecule has 2 aromatic heterocycles. The number of ether oxygens (including phenoxy) is 3. The number of fused-ring (bicyclic) bond motifs is 1. The number of nitrogens with zero attached hydrogens (tertiary/aromatic N) is 2. The van der Waals surface area contributed by atoms with E-state index in [1.165, 1.54) is 20.9 Å². The molecule has 2 heterocycles. The Kier molecular flexibility index (Phi) is 6.58. The predicted octanol–water partition coefficient (Wildman–Crippen LogP) is 6.00. The first-order chi connectivity index (χ1) is 15.5. The van der Waals surface area contributed by atoms with Crippen molar-refractivity contribution in [3.05, 3.63) is 64.8 Å². The Bertz CT molecular complexity index is 1240. The summed E-state index contributed by atoms with van der Waals surface area (Å²) in [4.78, 5) is 11.7. The van der Waals surface area contributed by atoms with Crippen molar-refractivity contribution < 1.29 is 14.2 Å². The number of methoxy groups -OCH3 is 3. The highest BCUT2D eigenvalue weighted by Crippen LogP contribution is 2.37. The first kappa shape index (κ1) is 22.0. The predicted molar refractivity (Wildman–Crippen MR) is 130 cm³/mol. The van der Waals surface area contributed by atoms with Crippen LogP contribution in [0, 0.1) is 6.92 Å². The number of aromatic nitrogens is 2. The highest BCUT2D eigenvalue weighted by atomic mass is 32.1. The molecule has 4 aromatic rings. The SMILES string of the molecule is COCc1ccccc1-c1ccc([C@H](C)Nc2nc(C)nc3cc(OC)c(OC)cc23)s1. The molecule has 32 heavy (non-hydrogen) atoms. The zero-order chi connectivity index (χ0) is 22.7. The molecule has 0 radical (unpaired) electrons. The van der Waals surface area contributed by atoms with Crippen molar-refractivity contribution in [2.75, 3.05) is 26.6 Å². The molecule has 0 saturated heterocycles. The lowest BCUT2D eigenvalue weighted by Crippen LogP contribution is -2.08. The fraction of sp³-hybridized carbons (Fsp3) is 0.280. The van der Waals surface area contributed by atoms with Gasteiger partial charge in [-0.1, -0.05) is 24.3 Å². The van der Waals surface area contributed by atoms with E-state index in [1.807, 2.05) is 25.1 Å². The van der Waals surface area contributed by atoms with E-state index < -0.39 is 0 Å². The van der Waals surface area contributed by atoms with Crippen LogP contribution in [-0.2, 0) is 11.3 Å². The minimum absolute atomic E-state index is 0.0638. The lowest BCUT2D eigenvalue weighted by atomic mass is 10.1. The third kappa shape index (κ3) is 4.40. The number of aryl methyl sites for hydroxylation is 1. The zero-order valence-corrected chi connectivity index (χ0v) is 19.7. The standard InChI is InChI=1S/C25H27N3O3S/c1-15(23-10-11-24(32-23)18-9-7-6-8-17(18)14-29-3)26-25-19-12-21(30-4)22(31-5)13-20(19)27-16(2)28-25/h6-13,15H,14H2,1-5H3,(H,26,27,28)/t15-/m0/s1. The third-order valence-corrected chi connectivity index (χ3v) is 6.60. The molecule has 0 fully saturated rings. The van der Waals surface area contributed by atoms with E-state index in [4.69, 9.17) is 14.2 Å². The van der Waals surface area contributed by atoms with Gasteiger partial charge in [-0.2, -0.15) is 0 Å². The molecule has 0 aliphatic heterocycles. The van der Waals surface area contributed by atoms with Gasteiger partial charge in [-0.25, -0.2) is 9.97 Å². The van der Waals surface area contributed by atoms with Crippen LogP contribution in [0.2, 0.25) is 0 Å². The van der Waals surface area contributed by atoms with E-state index >= 15 is 0 Å². The van der Waals surface area contributed by atoms with Crippen LogP contribution in [-0.4, -0.2) is 31.3 Å².